The van der Waals surface area contributed by atoms with E-state index in [1.807, 2.05) is 23.9 Å². The van der Waals surface area contributed by atoms with E-state index in [4.69, 9.17) is 0 Å². The van der Waals surface area contributed by atoms with Gasteiger partial charge in [-0.25, -0.2) is 4.79 Å². The molecule has 13 heavy (non-hydrogen) atoms. The minimum absolute atomic E-state index is 0.192. The SMILES string of the molecule is CN1CC(C2CCCC2)N(C)C1=O. The lowest BCUT2D eigenvalue weighted by Gasteiger charge is -2.23. The monoisotopic (exact) mass is 182 g/mol. The van der Waals surface area contributed by atoms with E-state index >= 15 is 0 Å². The molecule has 1 aliphatic heterocycles. The van der Waals surface area contributed by atoms with Crippen LogP contribution >= 0.6 is 0 Å². The maximum atomic E-state index is 11.5. The second-order valence-electron chi connectivity index (χ2n) is 4.39. The molecule has 2 aliphatic rings. The molecule has 0 N–H and O–H groups in total. The summed E-state index contributed by atoms with van der Waals surface area (Å²) in [5, 5.41) is 0. The van der Waals surface area contributed by atoms with Crippen molar-refractivity contribution in [3.8, 4) is 0 Å². The van der Waals surface area contributed by atoms with Crippen LogP contribution in [0.3, 0.4) is 0 Å². The van der Waals surface area contributed by atoms with Crippen LogP contribution in [-0.4, -0.2) is 42.5 Å². The molecule has 2 rings (SSSR count). The number of nitrogens with zero attached hydrogens (tertiary/aromatic N) is 2. The van der Waals surface area contributed by atoms with E-state index in [0.29, 0.717) is 6.04 Å². The number of urea groups is 1. The van der Waals surface area contributed by atoms with Crippen molar-refractivity contribution < 1.29 is 4.79 Å². The third-order valence-electron chi connectivity index (χ3n) is 3.53. The van der Waals surface area contributed by atoms with Gasteiger partial charge in [-0.15, -0.1) is 0 Å². The van der Waals surface area contributed by atoms with Gasteiger partial charge in [0, 0.05) is 20.6 Å². The van der Waals surface area contributed by atoms with E-state index in [2.05, 4.69) is 0 Å². The molecule has 1 saturated heterocycles. The van der Waals surface area contributed by atoms with Crippen molar-refractivity contribution in [2.75, 3.05) is 20.6 Å². The van der Waals surface area contributed by atoms with Gasteiger partial charge in [0.1, 0.15) is 0 Å². The maximum Gasteiger partial charge on any atom is 0.319 e. The molecular formula is C10H18N2O. The first-order chi connectivity index (χ1) is 6.20. The van der Waals surface area contributed by atoms with Crippen molar-refractivity contribution >= 4 is 6.03 Å². The molecule has 1 atom stereocenters. The average Bonchev–Trinajstić information content (AvgIpc) is 2.70. The van der Waals surface area contributed by atoms with Crippen LogP contribution in [0.15, 0.2) is 0 Å². The van der Waals surface area contributed by atoms with E-state index in [1.54, 1.807) is 0 Å². The van der Waals surface area contributed by atoms with Crippen molar-refractivity contribution in [2.45, 2.75) is 31.7 Å². The van der Waals surface area contributed by atoms with Crippen molar-refractivity contribution in [3.05, 3.63) is 0 Å². The molecule has 1 unspecified atom stereocenters. The van der Waals surface area contributed by atoms with E-state index < -0.39 is 0 Å². The highest BCUT2D eigenvalue weighted by molar-refractivity contribution is 5.76. The zero-order valence-corrected chi connectivity index (χ0v) is 8.49. The molecule has 3 heteroatoms. The van der Waals surface area contributed by atoms with Gasteiger partial charge in [0.05, 0.1) is 6.04 Å². The van der Waals surface area contributed by atoms with Crippen molar-refractivity contribution in [3.63, 3.8) is 0 Å². The molecule has 2 fully saturated rings. The minimum Gasteiger partial charge on any atom is -0.326 e. The number of carbonyl (C=O) groups is 1. The van der Waals surface area contributed by atoms with E-state index in [9.17, 15) is 4.79 Å². The van der Waals surface area contributed by atoms with Crippen LogP contribution < -0.4 is 0 Å². The average molecular weight is 182 g/mol. The van der Waals surface area contributed by atoms with Crippen LogP contribution in [0.2, 0.25) is 0 Å². The molecule has 2 amide bonds. The number of likely N-dealkylation sites (N-methyl/N-ethyl adjacent to an activating group) is 2. The number of rotatable bonds is 1. The fraction of sp³-hybridized carbons (Fsp3) is 0.900. The van der Waals surface area contributed by atoms with Crippen LogP contribution in [0.1, 0.15) is 25.7 Å². The molecule has 74 valence electrons. The van der Waals surface area contributed by atoms with Gasteiger partial charge in [0.25, 0.3) is 0 Å². The van der Waals surface area contributed by atoms with Crippen molar-refractivity contribution in [2.24, 2.45) is 5.92 Å². The molecule has 1 heterocycles. The van der Waals surface area contributed by atoms with Crippen molar-refractivity contribution in [1.29, 1.82) is 0 Å². The van der Waals surface area contributed by atoms with Gasteiger partial charge in [-0.05, 0) is 18.8 Å². The predicted molar refractivity (Wildman–Crippen MR) is 51.5 cm³/mol. The molecule has 0 spiro atoms. The Kier molecular flexibility index (Phi) is 2.18. The van der Waals surface area contributed by atoms with E-state index in [-0.39, 0.29) is 6.03 Å². The van der Waals surface area contributed by atoms with Crippen molar-refractivity contribution in [1.82, 2.24) is 9.80 Å². The number of carbonyl (C=O) groups excluding carboxylic acids is 1. The zero-order valence-electron chi connectivity index (χ0n) is 8.49. The second kappa shape index (κ2) is 3.20. The fourth-order valence-corrected chi connectivity index (χ4v) is 2.70. The Morgan fingerprint density at radius 3 is 2.31 bits per heavy atom. The Morgan fingerprint density at radius 2 is 1.85 bits per heavy atom. The summed E-state index contributed by atoms with van der Waals surface area (Å²) in [6.45, 7) is 0.931. The Morgan fingerprint density at radius 1 is 1.23 bits per heavy atom. The van der Waals surface area contributed by atoms with Crippen LogP contribution in [0.5, 0.6) is 0 Å². The minimum atomic E-state index is 0.192. The molecule has 0 aromatic heterocycles. The summed E-state index contributed by atoms with van der Waals surface area (Å²) in [5.74, 6) is 0.763. The van der Waals surface area contributed by atoms with Gasteiger partial charge < -0.3 is 9.80 Å². The topological polar surface area (TPSA) is 23.6 Å². The number of hydrogen-bond acceptors (Lipinski definition) is 1. The summed E-state index contributed by atoms with van der Waals surface area (Å²) < 4.78 is 0. The largest absolute Gasteiger partial charge is 0.326 e. The fourth-order valence-electron chi connectivity index (χ4n) is 2.70. The normalized spacial score (nSPS) is 30.6. The summed E-state index contributed by atoms with van der Waals surface area (Å²) in [7, 11) is 3.84. The lowest BCUT2D eigenvalue weighted by atomic mass is 9.98. The Balaban J connectivity index is 2.04. The molecular weight excluding hydrogens is 164 g/mol. The van der Waals surface area contributed by atoms with Gasteiger partial charge in [-0.3, -0.25) is 0 Å². The van der Waals surface area contributed by atoms with Crippen LogP contribution in [0.25, 0.3) is 0 Å². The third-order valence-corrected chi connectivity index (χ3v) is 3.53. The zero-order chi connectivity index (χ0) is 9.42. The first-order valence-electron chi connectivity index (χ1n) is 5.18. The summed E-state index contributed by atoms with van der Waals surface area (Å²) >= 11 is 0. The molecule has 1 aliphatic carbocycles. The quantitative estimate of drug-likeness (QED) is 0.603. The lowest BCUT2D eigenvalue weighted by molar-refractivity contribution is 0.193. The van der Waals surface area contributed by atoms with E-state index in [0.717, 1.165) is 12.5 Å². The van der Waals surface area contributed by atoms with Crippen LogP contribution in [0.4, 0.5) is 4.79 Å². The number of amides is 2. The standard InChI is InChI=1S/C10H18N2O/c1-11-7-9(12(2)10(11)13)8-5-3-4-6-8/h8-9H,3-7H2,1-2H3. The van der Waals surface area contributed by atoms with Gasteiger partial charge >= 0.3 is 6.03 Å². The summed E-state index contributed by atoms with van der Waals surface area (Å²) in [6, 6.07) is 0.678. The third kappa shape index (κ3) is 1.40. The molecule has 0 radical (unpaired) electrons. The Hall–Kier alpha value is -0.730. The highest BCUT2D eigenvalue weighted by atomic mass is 16.2. The highest BCUT2D eigenvalue weighted by Crippen LogP contribution is 2.32. The van der Waals surface area contributed by atoms with Crippen LogP contribution in [0, 0.1) is 5.92 Å². The molecule has 0 aromatic rings. The molecule has 3 nitrogen and oxygen atoms in total. The van der Waals surface area contributed by atoms with Gasteiger partial charge in [-0.2, -0.15) is 0 Å². The molecule has 0 bridgehead atoms. The first kappa shape index (κ1) is 8.85. The van der Waals surface area contributed by atoms with Crippen LogP contribution in [-0.2, 0) is 0 Å². The summed E-state index contributed by atoms with van der Waals surface area (Å²) in [5.41, 5.74) is 0. The van der Waals surface area contributed by atoms with Gasteiger partial charge in [-0.1, -0.05) is 12.8 Å². The Labute approximate surface area is 79.7 Å². The first-order valence-corrected chi connectivity index (χ1v) is 5.18. The summed E-state index contributed by atoms with van der Waals surface area (Å²) in [4.78, 5) is 15.3. The lowest BCUT2D eigenvalue weighted by Crippen LogP contribution is -2.34. The highest BCUT2D eigenvalue weighted by Gasteiger charge is 2.38. The Bertz CT molecular complexity index is 211. The number of hydrogen-bond donors (Lipinski definition) is 0. The smallest absolute Gasteiger partial charge is 0.319 e. The summed E-state index contributed by atoms with van der Waals surface area (Å²) in [6.07, 6.45) is 5.34. The maximum absolute atomic E-state index is 11.5. The molecule has 1 saturated carbocycles. The predicted octanol–water partition coefficient (Wildman–Crippen LogP) is 1.54. The molecule has 0 aromatic carbocycles. The van der Waals surface area contributed by atoms with Gasteiger partial charge in [0.15, 0.2) is 0 Å². The van der Waals surface area contributed by atoms with Gasteiger partial charge in [0.2, 0.25) is 0 Å². The van der Waals surface area contributed by atoms with E-state index in [1.165, 1.54) is 25.7 Å². The second-order valence-corrected chi connectivity index (χ2v) is 4.39.